The van der Waals surface area contributed by atoms with E-state index in [-0.39, 0.29) is 0 Å². The fraction of sp³-hybridized carbons (Fsp3) is 0.625. The van der Waals surface area contributed by atoms with Crippen LogP contribution in [0.3, 0.4) is 0 Å². The van der Waals surface area contributed by atoms with Gasteiger partial charge in [-0.1, -0.05) is 105 Å². The monoisotopic (exact) mass is 498 g/mol. The minimum atomic E-state index is 0.303. The minimum absolute atomic E-state index is 0.303. The molecule has 4 atom stereocenters. The first kappa shape index (κ1) is 29.6. The molecule has 2 aromatic carbocycles. The van der Waals surface area contributed by atoms with Crippen LogP contribution in [0.25, 0.3) is 0 Å². The Morgan fingerprint density at radius 2 is 0.857 bits per heavy atom. The van der Waals surface area contributed by atoms with Crippen molar-refractivity contribution in [2.45, 2.75) is 140 Å². The molecule has 0 saturated heterocycles. The van der Waals surface area contributed by atoms with Crippen molar-refractivity contribution in [3.8, 4) is 11.5 Å². The summed E-state index contributed by atoms with van der Waals surface area (Å²) in [5.74, 6) is 2.26. The third-order valence-electron chi connectivity index (χ3n) is 7.56. The fourth-order valence-corrected chi connectivity index (χ4v) is 6.33. The molecule has 35 heavy (non-hydrogen) atoms. The Balaban J connectivity index is 2.64. The highest BCUT2D eigenvalue weighted by molar-refractivity contribution is 7.99. The van der Waals surface area contributed by atoms with Gasteiger partial charge in [-0.15, -0.1) is 0 Å². The zero-order chi connectivity index (χ0) is 26.1. The number of phenolic OH excluding ortho intramolecular Hbond substituents is 2. The van der Waals surface area contributed by atoms with Crippen LogP contribution in [0, 0.1) is 0 Å². The lowest BCUT2D eigenvalue weighted by molar-refractivity contribution is 0.443. The fourth-order valence-electron chi connectivity index (χ4n) is 5.27. The molecule has 4 unspecified atom stereocenters. The van der Waals surface area contributed by atoms with Gasteiger partial charge in [0.05, 0.1) is 9.79 Å². The zero-order valence-corrected chi connectivity index (χ0v) is 24.4. The molecule has 0 aliphatic rings. The number of benzene rings is 2. The van der Waals surface area contributed by atoms with E-state index in [0.29, 0.717) is 35.2 Å². The molecule has 0 bridgehead atoms. The lowest BCUT2D eigenvalue weighted by Crippen LogP contribution is -2.02. The molecule has 2 aromatic rings. The van der Waals surface area contributed by atoms with E-state index in [1.807, 2.05) is 0 Å². The smallest absolute Gasteiger partial charge is 0.132 e. The summed E-state index contributed by atoms with van der Waals surface area (Å²) in [5.41, 5.74) is 4.67. The lowest BCUT2D eigenvalue weighted by atomic mass is 9.89. The first-order valence-electron chi connectivity index (χ1n) is 14.1. The summed E-state index contributed by atoms with van der Waals surface area (Å²) >= 11 is 1.54. The van der Waals surface area contributed by atoms with E-state index < -0.39 is 0 Å². The second-order valence-corrected chi connectivity index (χ2v) is 11.9. The van der Waals surface area contributed by atoms with Crippen LogP contribution in [0.1, 0.15) is 153 Å². The Morgan fingerprint density at radius 1 is 0.543 bits per heavy atom. The molecule has 0 spiro atoms. The number of aromatic hydroxyl groups is 2. The van der Waals surface area contributed by atoms with Gasteiger partial charge in [0, 0.05) is 0 Å². The summed E-state index contributed by atoms with van der Waals surface area (Å²) in [4.78, 5) is 1.74. The van der Waals surface area contributed by atoms with Crippen LogP contribution in [0.15, 0.2) is 34.1 Å². The molecule has 0 aromatic heterocycles. The molecule has 2 rings (SSSR count). The molecule has 0 aliphatic heterocycles. The first-order valence-corrected chi connectivity index (χ1v) is 14.9. The Labute approximate surface area is 219 Å². The zero-order valence-electron chi connectivity index (χ0n) is 23.6. The van der Waals surface area contributed by atoms with Crippen LogP contribution < -0.4 is 0 Å². The average molecular weight is 499 g/mol. The van der Waals surface area contributed by atoms with Gasteiger partial charge in [-0.3, -0.25) is 0 Å². The van der Waals surface area contributed by atoms with E-state index in [4.69, 9.17) is 0 Å². The van der Waals surface area contributed by atoms with Crippen LogP contribution in [0.4, 0.5) is 0 Å². The summed E-state index contributed by atoms with van der Waals surface area (Å²) in [6.07, 6.45) is 8.83. The highest BCUT2D eigenvalue weighted by Crippen LogP contribution is 2.47. The summed E-state index contributed by atoms with van der Waals surface area (Å²) in [6, 6.07) is 8.79. The van der Waals surface area contributed by atoms with E-state index in [1.54, 1.807) is 0 Å². The molecule has 0 aliphatic carbocycles. The van der Waals surface area contributed by atoms with Gasteiger partial charge in [0.1, 0.15) is 11.5 Å². The Bertz CT molecular complexity index is 860. The van der Waals surface area contributed by atoms with Crippen molar-refractivity contribution in [2.75, 3.05) is 0 Å². The van der Waals surface area contributed by atoms with E-state index in [2.05, 4.69) is 79.7 Å². The second kappa shape index (κ2) is 14.2. The Kier molecular flexibility index (Phi) is 12.0. The number of hydrogen-bond acceptors (Lipinski definition) is 3. The van der Waals surface area contributed by atoms with E-state index in [1.165, 1.54) is 22.9 Å². The maximum atomic E-state index is 11.4. The van der Waals surface area contributed by atoms with Gasteiger partial charge in [0.25, 0.3) is 0 Å². The van der Waals surface area contributed by atoms with Crippen molar-refractivity contribution < 1.29 is 10.2 Å². The van der Waals surface area contributed by atoms with Gasteiger partial charge in [0.2, 0.25) is 0 Å². The predicted octanol–water partition coefficient (Wildman–Crippen LogP) is 10.9. The topological polar surface area (TPSA) is 40.5 Å². The van der Waals surface area contributed by atoms with Crippen LogP contribution in [-0.4, -0.2) is 10.2 Å². The molecule has 3 heteroatoms. The summed E-state index contributed by atoms with van der Waals surface area (Å²) in [6.45, 7) is 17.9. The van der Waals surface area contributed by atoms with Crippen molar-refractivity contribution in [1.29, 1.82) is 0 Å². The van der Waals surface area contributed by atoms with Gasteiger partial charge >= 0.3 is 0 Å². The van der Waals surface area contributed by atoms with Crippen LogP contribution in [0.5, 0.6) is 11.5 Å². The normalized spacial score (nSPS) is 15.1. The van der Waals surface area contributed by atoms with E-state index in [0.717, 1.165) is 72.3 Å². The summed E-state index contributed by atoms with van der Waals surface area (Å²) in [5, 5.41) is 22.8. The van der Waals surface area contributed by atoms with Crippen molar-refractivity contribution >= 4 is 11.8 Å². The van der Waals surface area contributed by atoms with Gasteiger partial charge in [-0.25, -0.2) is 0 Å². The third kappa shape index (κ3) is 7.68. The average Bonchev–Trinajstić information content (AvgIpc) is 2.82. The molecule has 0 amide bonds. The first-order chi connectivity index (χ1) is 16.7. The number of phenols is 2. The largest absolute Gasteiger partial charge is 0.506 e. The van der Waals surface area contributed by atoms with E-state index >= 15 is 0 Å². The standard InChI is InChI=1S/C32H50O2S/c1-9-13-21(5)25-17-27(23(7)15-11-3)31(33)29(19-25)35-30-20-26(22(6)14-10-2)18-28(32(30)34)24(8)16-12-4/h17-24,33-34H,9-16H2,1-8H3. The van der Waals surface area contributed by atoms with Crippen LogP contribution in [0.2, 0.25) is 0 Å². The highest BCUT2D eigenvalue weighted by Gasteiger charge is 2.22. The van der Waals surface area contributed by atoms with Gasteiger partial charge in [-0.05, 0) is 83.7 Å². The molecular weight excluding hydrogens is 448 g/mol. The highest BCUT2D eigenvalue weighted by atomic mass is 32.2. The molecule has 0 radical (unpaired) electrons. The number of hydrogen-bond donors (Lipinski definition) is 2. The van der Waals surface area contributed by atoms with Gasteiger partial charge in [0.15, 0.2) is 0 Å². The predicted molar refractivity (Wildman–Crippen MR) is 154 cm³/mol. The van der Waals surface area contributed by atoms with Crippen LogP contribution in [-0.2, 0) is 0 Å². The molecule has 0 fully saturated rings. The Hall–Kier alpha value is -1.61. The van der Waals surface area contributed by atoms with Crippen molar-refractivity contribution in [1.82, 2.24) is 0 Å². The van der Waals surface area contributed by atoms with Crippen molar-refractivity contribution in [3.63, 3.8) is 0 Å². The number of rotatable bonds is 14. The maximum Gasteiger partial charge on any atom is 0.132 e. The minimum Gasteiger partial charge on any atom is -0.506 e. The van der Waals surface area contributed by atoms with Gasteiger partial charge < -0.3 is 10.2 Å². The molecule has 0 heterocycles. The Morgan fingerprint density at radius 3 is 1.17 bits per heavy atom. The van der Waals surface area contributed by atoms with Crippen molar-refractivity contribution in [3.05, 3.63) is 46.5 Å². The molecule has 0 saturated carbocycles. The molecular formula is C32H50O2S. The lowest BCUT2D eigenvalue weighted by Gasteiger charge is -2.22. The molecule has 196 valence electrons. The maximum absolute atomic E-state index is 11.4. The summed E-state index contributed by atoms with van der Waals surface area (Å²) < 4.78 is 0. The third-order valence-corrected chi connectivity index (χ3v) is 8.62. The van der Waals surface area contributed by atoms with E-state index in [9.17, 15) is 10.2 Å². The summed E-state index contributed by atoms with van der Waals surface area (Å²) in [7, 11) is 0. The SMILES string of the molecule is CCCC(C)c1cc(Sc2cc(C(C)CCC)cc(C(C)CCC)c2O)c(O)c(C(C)CCC)c1. The van der Waals surface area contributed by atoms with Gasteiger partial charge in [-0.2, -0.15) is 0 Å². The molecule has 2 N–H and O–H groups in total. The molecule has 2 nitrogen and oxygen atoms in total. The van der Waals surface area contributed by atoms with Crippen molar-refractivity contribution in [2.24, 2.45) is 0 Å². The second-order valence-electron chi connectivity index (χ2n) is 10.8. The quantitative estimate of drug-likeness (QED) is 0.272. The van der Waals surface area contributed by atoms with Crippen LogP contribution >= 0.6 is 11.8 Å².